The Hall–Kier alpha value is -2.84. The molecule has 0 fully saturated rings. The summed E-state index contributed by atoms with van der Waals surface area (Å²) in [6.07, 6.45) is 0. The molecule has 3 aromatic rings. The first-order valence-electron chi connectivity index (χ1n) is 8.26. The van der Waals surface area contributed by atoms with E-state index in [0.29, 0.717) is 16.9 Å². The second-order valence-electron chi connectivity index (χ2n) is 6.52. The maximum atomic E-state index is 12.5. The van der Waals surface area contributed by atoms with Crippen LogP contribution in [0.4, 0.5) is 11.4 Å². The highest BCUT2D eigenvalue weighted by Gasteiger charge is 2.13. The maximum Gasteiger partial charge on any atom is 0.255 e. The Morgan fingerprint density at radius 1 is 0.885 bits per heavy atom. The molecule has 3 rings (SSSR count). The number of benzene rings is 3. The Morgan fingerprint density at radius 3 is 2.15 bits per heavy atom. The van der Waals surface area contributed by atoms with Crippen LogP contribution >= 0.6 is 7.14 Å². The summed E-state index contributed by atoms with van der Waals surface area (Å²) in [5, 5.41) is 3.61. The van der Waals surface area contributed by atoms with Crippen molar-refractivity contribution in [2.75, 3.05) is 24.4 Å². The molecule has 0 saturated carbocycles. The molecule has 0 heterocycles. The van der Waals surface area contributed by atoms with E-state index in [1.807, 2.05) is 42.5 Å². The number of carbonyl (C=O) groups excluding carboxylic acids is 1. The first-order chi connectivity index (χ1) is 12.3. The second kappa shape index (κ2) is 7.19. The molecule has 0 radical (unpaired) electrons. The van der Waals surface area contributed by atoms with Crippen LogP contribution in [0, 0.1) is 0 Å². The number of nitrogen functional groups attached to an aromatic ring is 1. The summed E-state index contributed by atoms with van der Waals surface area (Å²) in [4.78, 5) is 12.5. The van der Waals surface area contributed by atoms with Gasteiger partial charge in [-0.1, -0.05) is 48.5 Å². The highest BCUT2D eigenvalue weighted by molar-refractivity contribution is 7.70. The number of anilines is 2. The molecule has 0 saturated heterocycles. The normalized spacial score (nSPS) is 11.2. The minimum Gasteiger partial charge on any atom is -0.397 e. The molecule has 4 nitrogen and oxygen atoms in total. The lowest BCUT2D eigenvalue weighted by Crippen LogP contribution is -2.14. The van der Waals surface area contributed by atoms with Crippen LogP contribution in [0.1, 0.15) is 10.4 Å². The summed E-state index contributed by atoms with van der Waals surface area (Å²) in [6.45, 7) is 3.41. The molecule has 26 heavy (non-hydrogen) atoms. The Bertz CT molecular complexity index is 977. The van der Waals surface area contributed by atoms with Gasteiger partial charge in [0.05, 0.1) is 11.4 Å². The van der Waals surface area contributed by atoms with Crippen molar-refractivity contribution in [2.24, 2.45) is 0 Å². The van der Waals surface area contributed by atoms with Gasteiger partial charge < -0.3 is 15.6 Å². The number of amides is 1. The summed E-state index contributed by atoms with van der Waals surface area (Å²) in [5.74, 6) is -0.254. The summed E-state index contributed by atoms with van der Waals surface area (Å²) in [6, 6.07) is 22.3. The minimum atomic E-state index is -2.33. The first kappa shape index (κ1) is 18.0. The number of nitrogens with two attached hydrogens (primary N) is 1. The van der Waals surface area contributed by atoms with Crippen LogP contribution < -0.4 is 16.4 Å². The standard InChI is InChI=1S/C21H21N2O2P/c1-26(2,25)18-11-8-16(9-12-18)21(24)23-20-14-17(10-13-19(20)22)15-6-4-3-5-7-15/h3-14H,22H2,1-2H3,(H,23,24). The van der Waals surface area contributed by atoms with Gasteiger partial charge in [0.1, 0.15) is 7.14 Å². The Kier molecular flexibility index (Phi) is 4.97. The van der Waals surface area contributed by atoms with Crippen LogP contribution in [0.2, 0.25) is 0 Å². The van der Waals surface area contributed by atoms with Crippen LogP contribution in [0.15, 0.2) is 72.8 Å². The average Bonchev–Trinajstić information content (AvgIpc) is 2.63. The van der Waals surface area contributed by atoms with Gasteiger partial charge in [0.2, 0.25) is 0 Å². The molecule has 5 heteroatoms. The van der Waals surface area contributed by atoms with Crippen LogP contribution in [0.5, 0.6) is 0 Å². The Labute approximate surface area is 153 Å². The maximum absolute atomic E-state index is 12.5. The fourth-order valence-corrected chi connectivity index (χ4v) is 3.51. The van der Waals surface area contributed by atoms with Crippen molar-refractivity contribution < 1.29 is 9.36 Å². The van der Waals surface area contributed by atoms with Crippen LogP contribution in [-0.2, 0) is 4.57 Å². The quantitative estimate of drug-likeness (QED) is 0.531. The van der Waals surface area contributed by atoms with Gasteiger partial charge in [0.25, 0.3) is 5.91 Å². The summed E-state index contributed by atoms with van der Waals surface area (Å²) in [7, 11) is -2.33. The Morgan fingerprint density at radius 2 is 1.54 bits per heavy atom. The number of carbonyl (C=O) groups is 1. The van der Waals surface area contributed by atoms with E-state index in [4.69, 9.17) is 5.73 Å². The SMILES string of the molecule is CP(C)(=O)c1ccc(C(=O)Nc2cc(-c3ccccc3)ccc2N)cc1. The van der Waals surface area contributed by atoms with E-state index in [9.17, 15) is 9.36 Å². The highest BCUT2D eigenvalue weighted by Crippen LogP contribution is 2.34. The van der Waals surface area contributed by atoms with E-state index < -0.39 is 7.14 Å². The monoisotopic (exact) mass is 364 g/mol. The molecular weight excluding hydrogens is 343 g/mol. The van der Waals surface area contributed by atoms with Crippen LogP contribution in [-0.4, -0.2) is 19.2 Å². The van der Waals surface area contributed by atoms with E-state index in [1.54, 1.807) is 43.7 Å². The van der Waals surface area contributed by atoms with E-state index in [-0.39, 0.29) is 5.91 Å². The molecule has 0 spiro atoms. The third kappa shape index (κ3) is 4.04. The zero-order valence-electron chi connectivity index (χ0n) is 14.8. The lowest BCUT2D eigenvalue weighted by molar-refractivity contribution is 0.102. The molecule has 0 atom stereocenters. The van der Waals surface area contributed by atoms with Crippen molar-refractivity contribution in [3.63, 3.8) is 0 Å². The summed E-state index contributed by atoms with van der Waals surface area (Å²) >= 11 is 0. The first-order valence-corrected chi connectivity index (χ1v) is 10.9. The van der Waals surface area contributed by atoms with Gasteiger partial charge in [-0.2, -0.15) is 0 Å². The zero-order chi connectivity index (χ0) is 18.7. The van der Waals surface area contributed by atoms with Crippen molar-refractivity contribution in [3.05, 3.63) is 78.4 Å². The van der Waals surface area contributed by atoms with Gasteiger partial charge in [0.15, 0.2) is 0 Å². The van der Waals surface area contributed by atoms with Gasteiger partial charge in [-0.3, -0.25) is 4.79 Å². The molecule has 0 unspecified atom stereocenters. The number of hydrogen-bond acceptors (Lipinski definition) is 3. The van der Waals surface area contributed by atoms with Crippen molar-refractivity contribution >= 4 is 29.7 Å². The molecule has 3 aromatic carbocycles. The molecule has 0 bridgehead atoms. The van der Waals surface area contributed by atoms with Crippen molar-refractivity contribution in [3.8, 4) is 11.1 Å². The van der Waals surface area contributed by atoms with E-state index >= 15 is 0 Å². The smallest absolute Gasteiger partial charge is 0.255 e. The second-order valence-corrected chi connectivity index (χ2v) is 9.74. The largest absolute Gasteiger partial charge is 0.397 e. The predicted molar refractivity (Wildman–Crippen MR) is 110 cm³/mol. The molecule has 0 aliphatic rings. The topological polar surface area (TPSA) is 72.2 Å². The summed E-state index contributed by atoms with van der Waals surface area (Å²) < 4.78 is 12.1. The van der Waals surface area contributed by atoms with E-state index in [0.717, 1.165) is 16.4 Å². The van der Waals surface area contributed by atoms with Crippen molar-refractivity contribution in [1.82, 2.24) is 0 Å². The molecule has 0 aromatic heterocycles. The fourth-order valence-electron chi connectivity index (χ4n) is 2.64. The lowest BCUT2D eigenvalue weighted by Gasteiger charge is -2.12. The molecule has 0 aliphatic heterocycles. The van der Waals surface area contributed by atoms with Crippen molar-refractivity contribution in [1.29, 1.82) is 0 Å². The molecule has 3 N–H and O–H groups in total. The number of nitrogens with one attached hydrogen (secondary N) is 1. The number of hydrogen-bond donors (Lipinski definition) is 2. The van der Waals surface area contributed by atoms with Gasteiger partial charge in [-0.15, -0.1) is 0 Å². The zero-order valence-corrected chi connectivity index (χ0v) is 15.7. The minimum absolute atomic E-state index is 0.254. The molecular formula is C21H21N2O2P. The van der Waals surface area contributed by atoms with Crippen LogP contribution in [0.25, 0.3) is 11.1 Å². The molecule has 1 amide bonds. The van der Waals surface area contributed by atoms with E-state index in [1.165, 1.54) is 0 Å². The average molecular weight is 364 g/mol. The van der Waals surface area contributed by atoms with Gasteiger partial charge in [0, 0.05) is 10.9 Å². The van der Waals surface area contributed by atoms with Crippen molar-refractivity contribution in [2.45, 2.75) is 0 Å². The highest BCUT2D eigenvalue weighted by atomic mass is 31.2. The van der Waals surface area contributed by atoms with Gasteiger partial charge >= 0.3 is 0 Å². The fraction of sp³-hybridized carbons (Fsp3) is 0.0952. The summed E-state index contributed by atoms with van der Waals surface area (Å²) in [5.41, 5.74) is 9.61. The lowest BCUT2D eigenvalue weighted by atomic mass is 10.0. The van der Waals surface area contributed by atoms with E-state index in [2.05, 4.69) is 5.32 Å². The Balaban J connectivity index is 1.84. The molecule has 0 aliphatic carbocycles. The number of rotatable bonds is 4. The van der Waals surface area contributed by atoms with Gasteiger partial charge in [-0.05, 0) is 48.7 Å². The molecule has 132 valence electrons. The predicted octanol–water partition coefficient (Wildman–Crippen LogP) is 4.44. The van der Waals surface area contributed by atoms with Crippen LogP contribution in [0.3, 0.4) is 0 Å². The van der Waals surface area contributed by atoms with Gasteiger partial charge in [-0.25, -0.2) is 0 Å². The third-order valence-electron chi connectivity index (χ3n) is 4.16. The third-order valence-corrected chi connectivity index (χ3v) is 5.70.